The maximum absolute atomic E-state index is 12.5. The number of hydrogen-bond acceptors (Lipinski definition) is 4. The monoisotopic (exact) mass is 329 g/mol. The molecule has 0 aromatic rings. The highest BCUT2D eigenvalue weighted by molar-refractivity contribution is 5.87. The molecule has 1 N–H and O–H groups in total. The Balaban J connectivity index is 1.77. The molecule has 0 aromatic carbocycles. The summed E-state index contributed by atoms with van der Waals surface area (Å²) < 4.78 is 0. The Morgan fingerprint density at radius 1 is 1.12 bits per heavy atom. The summed E-state index contributed by atoms with van der Waals surface area (Å²) in [5.41, 5.74) is -1.79. The molecule has 0 saturated heterocycles. The van der Waals surface area contributed by atoms with Gasteiger partial charge in [-0.05, 0) is 49.9 Å². The third-order valence-corrected chi connectivity index (χ3v) is 8.58. The summed E-state index contributed by atoms with van der Waals surface area (Å²) in [6.07, 6.45) is 5.41. The zero-order valence-electron chi connectivity index (χ0n) is 14.7. The number of nitriles is 1. The molecule has 4 nitrogen and oxygen atoms in total. The predicted octanol–water partition coefficient (Wildman–Crippen LogP) is 3.03. The smallest absolute Gasteiger partial charge is 0.139 e. The quantitative estimate of drug-likeness (QED) is 0.741. The fraction of sp³-hybridized carbons (Fsp3) is 0.850. The summed E-state index contributed by atoms with van der Waals surface area (Å²) in [5, 5.41) is 21.2. The van der Waals surface area contributed by atoms with E-state index >= 15 is 0 Å². The highest BCUT2D eigenvalue weighted by Gasteiger charge is 2.67. The molecule has 2 unspecified atom stereocenters. The van der Waals surface area contributed by atoms with Gasteiger partial charge in [0.15, 0.2) is 0 Å². The van der Waals surface area contributed by atoms with Crippen LogP contribution in [-0.2, 0) is 9.59 Å². The normalized spacial score (nSPS) is 53.8. The summed E-state index contributed by atoms with van der Waals surface area (Å²) in [4.78, 5) is 24.5. The van der Waals surface area contributed by atoms with Crippen molar-refractivity contribution in [3.8, 4) is 6.07 Å². The van der Waals surface area contributed by atoms with Crippen molar-refractivity contribution in [3.05, 3.63) is 0 Å². The van der Waals surface area contributed by atoms with Crippen LogP contribution in [0.15, 0.2) is 0 Å². The van der Waals surface area contributed by atoms with Crippen molar-refractivity contribution >= 4 is 11.6 Å². The number of nitrogens with zero attached hydrogens (tertiary/aromatic N) is 1. The second-order valence-corrected chi connectivity index (χ2v) is 9.27. The number of ketones is 2. The third-order valence-electron chi connectivity index (χ3n) is 8.58. The molecule has 4 heteroatoms. The van der Waals surface area contributed by atoms with Crippen LogP contribution in [0, 0.1) is 45.8 Å². The SMILES string of the molecule is C[C@]12CC[C@@H]3[C@@H](CC(C#N)C4(O)CC(=O)CC[C@]34C)[C@@H]1CCC2=O. The van der Waals surface area contributed by atoms with Gasteiger partial charge in [-0.1, -0.05) is 13.8 Å². The Bertz CT molecular complexity index is 652. The van der Waals surface area contributed by atoms with Crippen LogP contribution in [0.4, 0.5) is 0 Å². The number of carbonyl (C=O) groups excluding carboxylic acids is 2. The van der Waals surface area contributed by atoms with Crippen molar-refractivity contribution in [2.75, 3.05) is 0 Å². The second kappa shape index (κ2) is 4.91. The molecular formula is C20H27NO3. The first-order chi connectivity index (χ1) is 11.3. The van der Waals surface area contributed by atoms with Crippen LogP contribution in [0.3, 0.4) is 0 Å². The molecule has 0 bridgehead atoms. The van der Waals surface area contributed by atoms with Gasteiger partial charge in [-0.2, -0.15) is 5.26 Å². The Kier molecular flexibility index (Phi) is 3.33. The minimum atomic E-state index is -1.19. The summed E-state index contributed by atoms with van der Waals surface area (Å²) in [6, 6.07) is 2.34. The minimum absolute atomic E-state index is 0.0883. The summed E-state index contributed by atoms with van der Waals surface area (Å²) in [7, 11) is 0. The van der Waals surface area contributed by atoms with Crippen LogP contribution in [0.25, 0.3) is 0 Å². The molecule has 0 aliphatic heterocycles. The Hall–Kier alpha value is -1.21. The van der Waals surface area contributed by atoms with E-state index in [9.17, 15) is 20.0 Å². The fourth-order valence-corrected chi connectivity index (χ4v) is 7.04. The van der Waals surface area contributed by atoms with Crippen LogP contribution in [0.2, 0.25) is 0 Å². The van der Waals surface area contributed by atoms with Crippen LogP contribution in [0.5, 0.6) is 0 Å². The summed E-state index contributed by atoms with van der Waals surface area (Å²) in [6.45, 7) is 4.23. The predicted molar refractivity (Wildman–Crippen MR) is 87.7 cm³/mol. The molecule has 4 saturated carbocycles. The van der Waals surface area contributed by atoms with Crippen molar-refractivity contribution in [1.82, 2.24) is 0 Å². The Morgan fingerprint density at radius 2 is 1.88 bits per heavy atom. The largest absolute Gasteiger partial charge is 0.387 e. The van der Waals surface area contributed by atoms with Gasteiger partial charge >= 0.3 is 0 Å². The molecule has 24 heavy (non-hydrogen) atoms. The summed E-state index contributed by atoms with van der Waals surface area (Å²) >= 11 is 0. The maximum atomic E-state index is 12.5. The highest BCUT2D eigenvalue weighted by Crippen LogP contribution is 2.67. The lowest BCUT2D eigenvalue weighted by Crippen LogP contribution is -2.66. The van der Waals surface area contributed by atoms with Gasteiger partial charge in [0.1, 0.15) is 11.6 Å². The van der Waals surface area contributed by atoms with E-state index in [0.717, 1.165) is 19.3 Å². The number of Topliss-reactive ketones (excluding diaryl/α,β-unsaturated/α-hetero) is 2. The number of rotatable bonds is 0. The number of fused-ring (bicyclic) bond motifs is 5. The van der Waals surface area contributed by atoms with E-state index in [1.54, 1.807) is 0 Å². The number of hydrogen-bond donors (Lipinski definition) is 1. The Labute approximate surface area is 143 Å². The Morgan fingerprint density at radius 3 is 2.58 bits per heavy atom. The molecule has 0 spiro atoms. The second-order valence-electron chi connectivity index (χ2n) is 9.27. The molecule has 4 fully saturated rings. The first kappa shape index (κ1) is 16.3. The molecule has 0 radical (unpaired) electrons. The van der Waals surface area contributed by atoms with Gasteiger partial charge in [-0.15, -0.1) is 0 Å². The average Bonchev–Trinajstić information content (AvgIpc) is 2.84. The van der Waals surface area contributed by atoms with E-state index in [1.807, 2.05) is 0 Å². The van der Waals surface area contributed by atoms with Crippen LogP contribution >= 0.6 is 0 Å². The number of carbonyl (C=O) groups is 2. The lowest BCUT2D eigenvalue weighted by molar-refractivity contribution is -0.217. The molecule has 130 valence electrons. The van der Waals surface area contributed by atoms with Crippen molar-refractivity contribution in [2.24, 2.45) is 34.5 Å². The van der Waals surface area contributed by atoms with Gasteiger partial charge in [-0.3, -0.25) is 9.59 Å². The molecule has 0 amide bonds. The average molecular weight is 329 g/mol. The number of aliphatic hydroxyl groups is 1. The van der Waals surface area contributed by atoms with Crippen molar-refractivity contribution in [2.45, 2.75) is 70.8 Å². The lowest BCUT2D eigenvalue weighted by atomic mass is 9.41. The van der Waals surface area contributed by atoms with E-state index in [0.29, 0.717) is 49.2 Å². The molecular weight excluding hydrogens is 302 g/mol. The molecule has 0 heterocycles. The van der Waals surface area contributed by atoms with Crippen molar-refractivity contribution in [3.63, 3.8) is 0 Å². The van der Waals surface area contributed by atoms with Crippen LogP contribution < -0.4 is 0 Å². The zero-order chi connectivity index (χ0) is 17.3. The van der Waals surface area contributed by atoms with E-state index < -0.39 is 11.5 Å². The highest BCUT2D eigenvalue weighted by atomic mass is 16.3. The van der Waals surface area contributed by atoms with Gasteiger partial charge in [0.05, 0.1) is 17.6 Å². The van der Waals surface area contributed by atoms with Crippen LogP contribution in [0.1, 0.15) is 65.2 Å². The van der Waals surface area contributed by atoms with E-state index in [4.69, 9.17) is 0 Å². The van der Waals surface area contributed by atoms with Crippen molar-refractivity contribution in [1.29, 1.82) is 5.26 Å². The van der Waals surface area contributed by atoms with Gasteiger partial charge in [0.25, 0.3) is 0 Å². The molecule has 4 rings (SSSR count). The molecule has 4 aliphatic rings. The van der Waals surface area contributed by atoms with Gasteiger partial charge in [0, 0.05) is 30.1 Å². The van der Waals surface area contributed by atoms with Crippen molar-refractivity contribution < 1.29 is 14.7 Å². The van der Waals surface area contributed by atoms with E-state index in [1.165, 1.54) is 0 Å². The van der Waals surface area contributed by atoms with E-state index in [-0.39, 0.29) is 23.0 Å². The van der Waals surface area contributed by atoms with Gasteiger partial charge < -0.3 is 5.11 Å². The molecule has 4 aliphatic carbocycles. The summed E-state index contributed by atoms with van der Waals surface area (Å²) in [5.74, 6) is 0.988. The fourth-order valence-electron chi connectivity index (χ4n) is 7.04. The minimum Gasteiger partial charge on any atom is -0.387 e. The van der Waals surface area contributed by atoms with E-state index in [2.05, 4.69) is 19.9 Å². The maximum Gasteiger partial charge on any atom is 0.139 e. The lowest BCUT2D eigenvalue weighted by Gasteiger charge is -2.63. The molecule has 7 atom stereocenters. The first-order valence-electron chi connectivity index (χ1n) is 9.43. The topological polar surface area (TPSA) is 78.2 Å². The first-order valence-corrected chi connectivity index (χ1v) is 9.43. The third kappa shape index (κ3) is 1.77. The van der Waals surface area contributed by atoms with Gasteiger partial charge in [-0.25, -0.2) is 0 Å². The standard InChI is InChI=1S/C20H27NO3/c1-18-7-6-16-14(15(18)3-4-17(18)23)9-12(11-21)20(24)10-13(22)5-8-19(16,20)2/h12,14-16,24H,3-10H2,1-2H3/t12?,14-,15-,16+,18-,19+,20?/m0/s1. The molecule has 0 aromatic heterocycles. The van der Waals surface area contributed by atoms with Crippen LogP contribution in [-0.4, -0.2) is 22.3 Å². The zero-order valence-corrected chi connectivity index (χ0v) is 14.7. The van der Waals surface area contributed by atoms with Gasteiger partial charge in [0.2, 0.25) is 0 Å².